The number of quaternary nitrogens is 1. The number of carbonyl (C=O) groups is 1. The van der Waals surface area contributed by atoms with Gasteiger partial charge in [0.15, 0.2) is 0 Å². The molecule has 1 atom stereocenters. The van der Waals surface area contributed by atoms with Crippen LogP contribution in [0.1, 0.15) is 21.3 Å². The summed E-state index contributed by atoms with van der Waals surface area (Å²) < 4.78 is 0. The lowest BCUT2D eigenvalue weighted by Crippen LogP contribution is -3.06. The highest BCUT2D eigenvalue weighted by molar-refractivity contribution is 7.10. The first-order valence-corrected chi connectivity index (χ1v) is 7.72. The van der Waals surface area contributed by atoms with Crippen molar-refractivity contribution in [2.24, 2.45) is 0 Å². The smallest absolute Gasteiger partial charge is 0.293 e. The van der Waals surface area contributed by atoms with Crippen molar-refractivity contribution in [2.45, 2.75) is 6.04 Å². The lowest BCUT2D eigenvalue weighted by Gasteiger charge is -2.21. The lowest BCUT2D eigenvalue weighted by atomic mass is 10.1. The molecule has 0 saturated carbocycles. The maximum Gasteiger partial charge on any atom is 0.293 e. The first kappa shape index (κ1) is 16.1. The Morgan fingerprint density at radius 1 is 1.41 bits per heavy atom. The maximum atomic E-state index is 11.1. The second kappa shape index (κ2) is 7.15. The van der Waals surface area contributed by atoms with Crippen LogP contribution in [0.2, 0.25) is 0 Å². The van der Waals surface area contributed by atoms with Crippen LogP contribution in [-0.4, -0.2) is 31.8 Å². The number of nitro groups is 1. The van der Waals surface area contributed by atoms with Gasteiger partial charge in [-0.3, -0.25) is 14.9 Å². The maximum absolute atomic E-state index is 11.1. The van der Waals surface area contributed by atoms with Crippen molar-refractivity contribution in [2.75, 3.05) is 26.0 Å². The van der Waals surface area contributed by atoms with E-state index in [1.807, 2.05) is 11.4 Å². The van der Waals surface area contributed by atoms with Crippen LogP contribution in [0.3, 0.4) is 0 Å². The zero-order chi connectivity index (χ0) is 16.1. The Bertz CT molecular complexity index is 656. The molecule has 6 nitrogen and oxygen atoms in total. The van der Waals surface area contributed by atoms with E-state index in [0.717, 1.165) is 0 Å². The Kier molecular flexibility index (Phi) is 5.24. The minimum atomic E-state index is -0.474. The van der Waals surface area contributed by atoms with Gasteiger partial charge in [0.1, 0.15) is 18.0 Å². The zero-order valence-corrected chi connectivity index (χ0v) is 13.2. The molecule has 1 heterocycles. The number of rotatable bonds is 7. The van der Waals surface area contributed by atoms with Crippen molar-refractivity contribution in [1.82, 2.24) is 0 Å². The second-order valence-corrected chi connectivity index (χ2v) is 6.16. The van der Waals surface area contributed by atoms with Crippen molar-refractivity contribution in [3.63, 3.8) is 0 Å². The largest absolute Gasteiger partial charge is 0.373 e. The molecule has 0 bridgehead atoms. The molecule has 0 spiro atoms. The molecule has 0 saturated heterocycles. The zero-order valence-electron chi connectivity index (χ0n) is 12.4. The van der Waals surface area contributed by atoms with Gasteiger partial charge in [0.05, 0.1) is 30.4 Å². The van der Waals surface area contributed by atoms with Crippen molar-refractivity contribution >= 4 is 29.0 Å². The molecule has 0 aliphatic carbocycles. The summed E-state index contributed by atoms with van der Waals surface area (Å²) in [5, 5.41) is 16.3. The van der Waals surface area contributed by atoms with E-state index in [-0.39, 0.29) is 11.7 Å². The van der Waals surface area contributed by atoms with Crippen LogP contribution < -0.4 is 10.2 Å². The van der Waals surface area contributed by atoms with E-state index in [2.05, 4.69) is 25.5 Å². The van der Waals surface area contributed by atoms with E-state index in [0.29, 0.717) is 24.1 Å². The summed E-state index contributed by atoms with van der Waals surface area (Å²) in [4.78, 5) is 23.9. The Morgan fingerprint density at radius 2 is 2.18 bits per heavy atom. The van der Waals surface area contributed by atoms with Gasteiger partial charge in [-0.15, -0.1) is 11.3 Å². The second-order valence-electron chi connectivity index (χ2n) is 5.18. The molecule has 2 rings (SSSR count). The number of nitro benzene ring substituents is 1. The summed E-state index contributed by atoms with van der Waals surface area (Å²) >= 11 is 1.67. The van der Waals surface area contributed by atoms with Crippen molar-refractivity contribution in [3.8, 4) is 0 Å². The number of hydrogen-bond donors (Lipinski definition) is 2. The summed E-state index contributed by atoms with van der Waals surface area (Å²) in [5.41, 5.74) is 0.645. The van der Waals surface area contributed by atoms with Gasteiger partial charge in [0.2, 0.25) is 0 Å². The SMILES string of the molecule is C[NH+](C)[C@@H](CNc1ccc(C=O)cc1[N+](=O)[O-])c1cccs1. The molecule has 22 heavy (non-hydrogen) atoms. The number of carbonyl (C=O) groups excluding carboxylic acids is 1. The molecule has 0 fully saturated rings. The fourth-order valence-electron chi connectivity index (χ4n) is 2.21. The fraction of sp³-hybridized carbons (Fsp3) is 0.267. The number of nitrogens with one attached hydrogen (secondary N) is 2. The molecule has 0 amide bonds. The normalized spacial score (nSPS) is 12.1. The summed E-state index contributed by atoms with van der Waals surface area (Å²) in [6, 6.07) is 8.71. The predicted molar refractivity (Wildman–Crippen MR) is 86.8 cm³/mol. The molecule has 1 aromatic carbocycles. The van der Waals surface area contributed by atoms with E-state index in [1.54, 1.807) is 23.5 Å². The highest BCUT2D eigenvalue weighted by atomic mass is 32.1. The molecule has 116 valence electrons. The average Bonchev–Trinajstić information content (AvgIpc) is 3.01. The molecule has 0 aliphatic heterocycles. The Balaban J connectivity index is 2.19. The summed E-state index contributed by atoms with van der Waals surface area (Å²) in [5.74, 6) is 0. The lowest BCUT2D eigenvalue weighted by molar-refractivity contribution is -0.889. The third-order valence-electron chi connectivity index (χ3n) is 3.43. The van der Waals surface area contributed by atoms with Crippen LogP contribution in [0.25, 0.3) is 0 Å². The van der Waals surface area contributed by atoms with Crippen molar-refractivity contribution < 1.29 is 14.6 Å². The van der Waals surface area contributed by atoms with Gasteiger partial charge < -0.3 is 10.2 Å². The van der Waals surface area contributed by atoms with E-state index < -0.39 is 4.92 Å². The first-order valence-electron chi connectivity index (χ1n) is 6.84. The van der Waals surface area contributed by atoms with Crippen LogP contribution in [0.15, 0.2) is 35.7 Å². The van der Waals surface area contributed by atoms with Crippen molar-refractivity contribution in [1.29, 1.82) is 0 Å². The number of aldehydes is 1. The van der Waals surface area contributed by atoms with Gasteiger partial charge in [-0.05, 0) is 23.6 Å². The number of benzene rings is 1. The quantitative estimate of drug-likeness (QED) is 0.463. The standard InChI is InChI=1S/C15H17N3O3S/c1-17(2)14(15-4-3-7-22-15)9-16-12-6-5-11(10-19)8-13(12)18(20)21/h3-8,10,14,16H,9H2,1-2H3/p+1/t14-/m0/s1. The van der Waals surface area contributed by atoms with Crippen LogP contribution >= 0.6 is 11.3 Å². The molecule has 2 N–H and O–H groups in total. The Morgan fingerprint density at radius 3 is 2.73 bits per heavy atom. The minimum absolute atomic E-state index is 0.0803. The van der Waals surface area contributed by atoms with Gasteiger partial charge in [0.25, 0.3) is 5.69 Å². The van der Waals surface area contributed by atoms with Crippen LogP contribution in [0.4, 0.5) is 11.4 Å². The van der Waals surface area contributed by atoms with Crippen LogP contribution in [0.5, 0.6) is 0 Å². The summed E-state index contributed by atoms with van der Waals surface area (Å²) in [6.45, 7) is 0.574. The Hall–Kier alpha value is -2.25. The van der Waals surface area contributed by atoms with Gasteiger partial charge in [-0.25, -0.2) is 0 Å². The molecule has 1 aromatic heterocycles. The van der Waals surface area contributed by atoms with Gasteiger partial charge >= 0.3 is 0 Å². The predicted octanol–water partition coefficient (Wildman–Crippen LogP) is 1.77. The third-order valence-corrected chi connectivity index (χ3v) is 4.42. The summed E-state index contributed by atoms with van der Waals surface area (Å²) in [6.07, 6.45) is 0.606. The Labute approximate surface area is 132 Å². The number of thiophene rings is 1. The fourth-order valence-corrected chi connectivity index (χ4v) is 3.17. The third kappa shape index (κ3) is 3.69. The molecule has 0 radical (unpaired) electrons. The van der Waals surface area contributed by atoms with Gasteiger partial charge in [-0.1, -0.05) is 6.07 Å². The highest BCUT2D eigenvalue weighted by Crippen LogP contribution is 2.26. The highest BCUT2D eigenvalue weighted by Gasteiger charge is 2.21. The minimum Gasteiger partial charge on any atom is -0.373 e. The molecule has 0 unspecified atom stereocenters. The number of nitrogens with zero attached hydrogens (tertiary/aromatic N) is 1. The number of hydrogen-bond acceptors (Lipinski definition) is 5. The van der Waals surface area contributed by atoms with E-state index in [9.17, 15) is 14.9 Å². The van der Waals surface area contributed by atoms with Crippen LogP contribution in [-0.2, 0) is 0 Å². The monoisotopic (exact) mass is 320 g/mol. The first-order chi connectivity index (χ1) is 10.5. The van der Waals surface area contributed by atoms with Gasteiger partial charge in [0, 0.05) is 11.6 Å². The molecule has 7 heteroatoms. The molecule has 2 aromatic rings. The van der Waals surface area contributed by atoms with E-state index >= 15 is 0 Å². The van der Waals surface area contributed by atoms with Crippen LogP contribution in [0, 0.1) is 10.1 Å². The summed E-state index contributed by atoms with van der Waals surface area (Å²) in [7, 11) is 4.10. The molecular weight excluding hydrogens is 302 g/mol. The van der Waals surface area contributed by atoms with E-state index in [4.69, 9.17) is 0 Å². The number of anilines is 1. The van der Waals surface area contributed by atoms with E-state index in [1.165, 1.54) is 15.8 Å². The topological polar surface area (TPSA) is 76.7 Å². The molecule has 0 aliphatic rings. The number of likely N-dealkylation sites (N-methyl/N-ethyl adjacent to an activating group) is 1. The van der Waals surface area contributed by atoms with Crippen molar-refractivity contribution in [3.05, 3.63) is 56.3 Å². The molecular formula is C15H18N3O3S+. The average molecular weight is 320 g/mol. The van der Waals surface area contributed by atoms with Gasteiger partial charge in [-0.2, -0.15) is 0 Å².